The van der Waals surface area contributed by atoms with Gasteiger partial charge in [-0.1, -0.05) is 44.7 Å². The molecule has 1 saturated carbocycles. The van der Waals surface area contributed by atoms with Crippen LogP contribution >= 0.6 is 0 Å². The zero-order valence-electron chi connectivity index (χ0n) is 13.9. The van der Waals surface area contributed by atoms with Crippen molar-refractivity contribution in [1.82, 2.24) is 0 Å². The van der Waals surface area contributed by atoms with Gasteiger partial charge in [-0.3, -0.25) is 0 Å². The Labute approximate surface area is 120 Å². The summed E-state index contributed by atoms with van der Waals surface area (Å²) < 4.78 is 15.7. The molecule has 0 aromatic heterocycles. The van der Waals surface area contributed by atoms with Crippen molar-refractivity contribution in [2.24, 2.45) is 5.92 Å². The van der Waals surface area contributed by atoms with Gasteiger partial charge in [0.15, 0.2) is 0 Å². The van der Waals surface area contributed by atoms with Gasteiger partial charge < -0.3 is 10.4 Å². The minimum absolute atomic E-state index is 0.300. The van der Waals surface area contributed by atoms with Crippen LogP contribution in [0.15, 0.2) is 24.3 Å². The highest BCUT2D eigenvalue weighted by Gasteiger charge is 2.13. The topological polar surface area (TPSA) is 32.3 Å². The summed E-state index contributed by atoms with van der Waals surface area (Å²) in [6.07, 6.45) is 4.28. The van der Waals surface area contributed by atoms with Gasteiger partial charge in [-0.25, -0.2) is 0 Å². The van der Waals surface area contributed by atoms with Gasteiger partial charge in [-0.05, 0) is 42.8 Å². The normalized spacial score (nSPS) is 20.5. The van der Waals surface area contributed by atoms with Crippen LogP contribution in [0.25, 0.3) is 0 Å². The molecule has 1 aliphatic rings. The molecule has 0 bridgehead atoms. The third-order valence-corrected chi connectivity index (χ3v) is 3.92. The first kappa shape index (κ1) is 11.8. The van der Waals surface area contributed by atoms with E-state index >= 15 is 0 Å². The molecule has 1 unspecified atom stereocenters. The highest BCUT2D eigenvalue weighted by atomic mass is 16.3. The number of hydrogen-bond donors (Lipinski definition) is 2. The van der Waals surface area contributed by atoms with Crippen LogP contribution in [0.3, 0.4) is 0 Å². The fourth-order valence-electron chi connectivity index (χ4n) is 2.78. The second-order valence-electron chi connectivity index (χ2n) is 5.47. The third-order valence-electron chi connectivity index (χ3n) is 3.92. The summed E-state index contributed by atoms with van der Waals surface area (Å²) in [5, 5.41) is 13.6. The largest absolute Gasteiger partial charge is 0.388 e. The molecule has 1 fully saturated rings. The zero-order valence-corrected chi connectivity index (χ0v) is 11.9. The number of hydrogen-bond acceptors (Lipinski definition) is 2. The average Bonchev–Trinajstić information content (AvgIpc) is 2.53. The van der Waals surface area contributed by atoms with Crippen molar-refractivity contribution in [1.29, 1.82) is 0 Å². The fourth-order valence-corrected chi connectivity index (χ4v) is 2.78. The molecule has 2 heteroatoms. The summed E-state index contributed by atoms with van der Waals surface area (Å²) in [5.74, 6) is 0.745. The Kier molecular flexibility index (Phi) is 4.67. The molecule has 1 aromatic rings. The number of anilines is 1. The van der Waals surface area contributed by atoms with Crippen LogP contribution in [0.5, 0.6) is 0 Å². The predicted molar refractivity (Wildman–Crippen MR) is 81.4 cm³/mol. The highest BCUT2D eigenvalue weighted by Crippen LogP contribution is 2.25. The standard InChI is InChI=1S/C17H27NO/c1-2-7-17(19)15-10-6-11-16(12-15)18-13-14-8-4-3-5-9-14/h6,10-12,14,17-19H,2-5,7-9,13H2,1H3/i7D2. The van der Waals surface area contributed by atoms with Crippen molar-refractivity contribution in [2.75, 3.05) is 11.9 Å². The number of benzene rings is 1. The molecule has 2 nitrogen and oxygen atoms in total. The van der Waals surface area contributed by atoms with E-state index in [9.17, 15) is 5.11 Å². The predicted octanol–water partition coefficient (Wildman–Crippen LogP) is 4.51. The van der Waals surface area contributed by atoms with Crippen LogP contribution in [0.2, 0.25) is 0 Å². The zero-order chi connectivity index (χ0) is 15.3. The lowest BCUT2D eigenvalue weighted by atomic mass is 9.89. The molecular formula is C17H27NO. The second-order valence-corrected chi connectivity index (χ2v) is 5.47. The van der Waals surface area contributed by atoms with Crippen LogP contribution in [0, 0.1) is 5.92 Å². The van der Waals surface area contributed by atoms with Crippen molar-refractivity contribution in [2.45, 2.75) is 57.9 Å². The van der Waals surface area contributed by atoms with Crippen molar-refractivity contribution >= 4 is 5.69 Å². The van der Waals surface area contributed by atoms with E-state index in [4.69, 9.17) is 2.74 Å². The Morgan fingerprint density at radius 2 is 2.16 bits per heavy atom. The maximum Gasteiger partial charge on any atom is 0.0790 e. The first-order chi connectivity index (χ1) is 10.0. The maximum atomic E-state index is 10.2. The van der Waals surface area contributed by atoms with Crippen LogP contribution in [0.1, 0.15) is 66.2 Å². The van der Waals surface area contributed by atoms with Gasteiger partial charge in [-0.15, -0.1) is 0 Å². The summed E-state index contributed by atoms with van der Waals surface area (Å²) in [6.45, 7) is 2.73. The van der Waals surface area contributed by atoms with Gasteiger partial charge in [0.05, 0.1) is 6.10 Å². The quantitative estimate of drug-likeness (QED) is 0.791. The monoisotopic (exact) mass is 263 g/mol. The van der Waals surface area contributed by atoms with Gasteiger partial charge in [-0.2, -0.15) is 0 Å². The molecule has 106 valence electrons. The third kappa shape index (κ3) is 4.54. The summed E-state index contributed by atoms with van der Waals surface area (Å²) in [7, 11) is 0. The lowest BCUT2D eigenvalue weighted by Gasteiger charge is -2.22. The Bertz CT molecular complexity index is 444. The van der Waals surface area contributed by atoms with Crippen LogP contribution in [-0.4, -0.2) is 11.7 Å². The minimum Gasteiger partial charge on any atom is -0.388 e. The number of aliphatic hydroxyl groups is 1. The Morgan fingerprint density at radius 3 is 2.89 bits per heavy atom. The molecule has 2 N–H and O–H groups in total. The molecular weight excluding hydrogens is 234 g/mol. The summed E-state index contributed by atoms with van der Waals surface area (Å²) in [5.41, 5.74) is 1.62. The SMILES string of the molecule is [2H]C([2H])(CC)C(O)c1cccc(NCC2CCCCC2)c1. The van der Waals surface area contributed by atoms with Crippen molar-refractivity contribution < 1.29 is 7.85 Å². The van der Waals surface area contributed by atoms with E-state index in [2.05, 4.69) is 5.32 Å². The number of rotatable bonds is 6. The summed E-state index contributed by atoms with van der Waals surface area (Å²) >= 11 is 0. The molecule has 0 amide bonds. The summed E-state index contributed by atoms with van der Waals surface area (Å²) in [6, 6.07) is 7.54. The van der Waals surface area contributed by atoms with Gasteiger partial charge in [0, 0.05) is 15.0 Å². The van der Waals surface area contributed by atoms with E-state index < -0.39 is 12.5 Å². The Balaban J connectivity index is 1.97. The maximum absolute atomic E-state index is 10.2. The van der Waals surface area contributed by atoms with Crippen LogP contribution < -0.4 is 5.32 Å². The molecule has 0 saturated heterocycles. The Hall–Kier alpha value is -1.02. The van der Waals surface area contributed by atoms with Crippen molar-refractivity contribution in [3.05, 3.63) is 29.8 Å². The van der Waals surface area contributed by atoms with Crippen molar-refractivity contribution in [3.8, 4) is 0 Å². The highest BCUT2D eigenvalue weighted by molar-refractivity contribution is 5.46. The molecule has 1 atom stereocenters. The van der Waals surface area contributed by atoms with Crippen LogP contribution in [-0.2, 0) is 0 Å². The first-order valence-electron chi connectivity index (χ1n) is 8.55. The van der Waals surface area contributed by atoms with E-state index in [0.717, 1.165) is 18.2 Å². The van der Waals surface area contributed by atoms with Gasteiger partial charge >= 0.3 is 0 Å². The van der Waals surface area contributed by atoms with E-state index in [0.29, 0.717) is 12.0 Å². The van der Waals surface area contributed by atoms with Crippen molar-refractivity contribution in [3.63, 3.8) is 0 Å². The molecule has 0 heterocycles. The smallest absolute Gasteiger partial charge is 0.0790 e. The first-order valence-corrected chi connectivity index (χ1v) is 7.55. The lowest BCUT2D eigenvalue weighted by Crippen LogP contribution is -2.17. The van der Waals surface area contributed by atoms with Gasteiger partial charge in [0.2, 0.25) is 0 Å². The molecule has 1 aromatic carbocycles. The van der Waals surface area contributed by atoms with E-state index in [-0.39, 0.29) is 0 Å². The minimum atomic E-state index is -1.58. The molecule has 0 spiro atoms. The second kappa shape index (κ2) is 7.54. The molecule has 0 radical (unpaired) electrons. The number of nitrogens with one attached hydrogen (secondary N) is 1. The van der Waals surface area contributed by atoms with Gasteiger partial charge in [0.25, 0.3) is 0 Å². The Morgan fingerprint density at radius 1 is 1.37 bits per heavy atom. The summed E-state index contributed by atoms with van der Waals surface area (Å²) in [4.78, 5) is 0. The number of aliphatic hydroxyl groups excluding tert-OH is 1. The molecule has 0 aliphatic heterocycles. The fraction of sp³-hybridized carbons (Fsp3) is 0.647. The molecule has 19 heavy (non-hydrogen) atoms. The van der Waals surface area contributed by atoms with Gasteiger partial charge in [0.1, 0.15) is 0 Å². The lowest BCUT2D eigenvalue weighted by molar-refractivity contribution is 0.166. The molecule has 2 rings (SSSR count). The van der Waals surface area contributed by atoms with E-state index in [1.807, 2.05) is 18.2 Å². The molecule has 1 aliphatic carbocycles. The van der Waals surface area contributed by atoms with E-state index in [1.54, 1.807) is 13.0 Å². The average molecular weight is 263 g/mol. The van der Waals surface area contributed by atoms with Crippen LogP contribution in [0.4, 0.5) is 5.69 Å². The van der Waals surface area contributed by atoms with E-state index in [1.165, 1.54) is 32.1 Å².